The van der Waals surface area contributed by atoms with Crippen LogP contribution in [0.1, 0.15) is 6.92 Å². The van der Waals surface area contributed by atoms with Gasteiger partial charge in [0.05, 0.1) is 5.75 Å². The van der Waals surface area contributed by atoms with E-state index in [9.17, 15) is 8.42 Å². The van der Waals surface area contributed by atoms with E-state index in [0.29, 0.717) is 6.54 Å². The molecule has 0 rings (SSSR count). The van der Waals surface area contributed by atoms with Gasteiger partial charge in [-0.2, -0.15) is 11.8 Å². The molecule has 0 saturated carbocycles. The van der Waals surface area contributed by atoms with Gasteiger partial charge < -0.3 is 0 Å². The first-order valence-electron chi connectivity index (χ1n) is 3.08. The number of hydrogen-bond acceptors (Lipinski definition) is 3. The third-order valence-corrected chi connectivity index (χ3v) is 3.02. The second-order valence-electron chi connectivity index (χ2n) is 1.79. The Kier molecular flexibility index (Phi) is 5.11. The lowest BCUT2D eigenvalue weighted by atomic mass is 10.8. The maximum absolute atomic E-state index is 10.8. The van der Waals surface area contributed by atoms with E-state index >= 15 is 0 Å². The molecule has 0 aromatic heterocycles. The summed E-state index contributed by atoms with van der Waals surface area (Å²) in [5, 5.41) is 0. The minimum Gasteiger partial charge on any atom is -0.214 e. The van der Waals surface area contributed by atoms with Crippen LogP contribution in [-0.2, 0) is 10.0 Å². The standard InChI is InChI=1S/C5H13NO2S2/c1-3-10(7,8)6-4-5-9-2/h6H,3-5H2,1-2H3. The molecule has 0 aliphatic rings. The lowest BCUT2D eigenvalue weighted by Crippen LogP contribution is -2.27. The number of nitrogens with one attached hydrogen (secondary N) is 1. The molecule has 10 heavy (non-hydrogen) atoms. The average molecular weight is 183 g/mol. The molecule has 0 heterocycles. The van der Waals surface area contributed by atoms with Gasteiger partial charge in [0.25, 0.3) is 0 Å². The van der Waals surface area contributed by atoms with Crippen LogP contribution < -0.4 is 4.72 Å². The van der Waals surface area contributed by atoms with E-state index in [0.717, 1.165) is 5.75 Å². The van der Waals surface area contributed by atoms with Crippen LogP contribution in [0.5, 0.6) is 0 Å². The predicted octanol–water partition coefficient (Wildman–Crippen LogP) is 0.289. The Morgan fingerprint density at radius 2 is 2.10 bits per heavy atom. The van der Waals surface area contributed by atoms with Crippen molar-refractivity contribution in [3.8, 4) is 0 Å². The fourth-order valence-corrected chi connectivity index (χ4v) is 1.45. The van der Waals surface area contributed by atoms with Gasteiger partial charge in [-0.3, -0.25) is 0 Å². The van der Waals surface area contributed by atoms with Crippen molar-refractivity contribution >= 4 is 21.8 Å². The Hall–Kier alpha value is 0.260. The van der Waals surface area contributed by atoms with Crippen molar-refractivity contribution in [3.63, 3.8) is 0 Å². The molecule has 3 nitrogen and oxygen atoms in total. The molecule has 5 heteroatoms. The third kappa shape index (κ3) is 5.08. The fourth-order valence-electron chi connectivity index (χ4n) is 0.401. The zero-order valence-electron chi connectivity index (χ0n) is 6.25. The van der Waals surface area contributed by atoms with Crippen LogP contribution in [0.3, 0.4) is 0 Å². The Bertz CT molecular complexity index is 164. The maximum atomic E-state index is 10.8. The van der Waals surface area contributed by atoms with Crippen LogP contribution in [0.4, 0.5) is 0 Å². The van der Waals surface area contributed by atoms with Crippen molar-refractivity contribution in [2.45, 2.75) is 6.92 Å². The number of hydrogen-bond donors (Lipinski definition) is 1. The number of sulfonamides is 1. The highest BCUT2D eigenvalue weighted by Crippen LogP contribution is 1.89. The largest absolute Gasteiger partial charge is 0.214 e. The summed E-state index contributed by atoms with van der Waals surface area (Å²) in [6.45, 7) is 2.17. The molecule has 0 bridgehead atoms. The molecule has 62 valence electrons. The van der Waals surface area contributed by atoms with Crippen molar-refractivity contribution in [3.05, 3.63) is 0 Å². The van der Waals surface area contributed by atoms with E-state index < -0.39 is 10.0 Å². The Morgan fingerprint density at radius 3 is 2.50 bits per heavy atom. The second-order valence-corrected chi connectivity index (χ2v) is 4.87. The molecule has 0 aliphatic heterocycles. The van der Waals surface area contributed by atoms with E-state index in [-0.39, 0.29) is 5.75 Å². The van der Waals surface area contributed by atoms with E-state index in [2.05, 4.69) is 4.72 Å². The minimum atomic E-state index is -2.96. The Balaban J connectivity index is 3.49. The summed E-state index contributed by atoms with van der Waals surface area (Å²) >= 11 is 1.63. The van der Waals surface area contributed by atoms with Gasteiger partial charge in [0.2, 0.25) is 10.0 Å². The lowest BCUT2D eigenvalue weighted by Gasteiger charge is -2.01. The Labute approximate surface area is 66.6 Å². The monoisotopic (exact) mass is 183 g/mol. The first-order chi connectivity index (χ1) is 4.62. The van der Waals surface area contributed by atoms with Crippen molar-refractivity contribution in [2.75, 3.05) is 24.3 Å². The normalized spacial score (nSPS) is 11.8. The second kappa shape index (κ2) is 4.98. The van der Waals surface area contributed by atoms with Gasteiger partial charge in [-0.05, 0) is 13.2 Å². The molecular formula is C5H13NO2S2. The van der Waals surface area contributed by atoms with E-state index in [1.165, 1.54) is 0 Å². The summed E-state index contributed by atoms with van der Waals surface area (Å²) in [4.78, 5) is 0. The van der Waals surface area contributed by atoms with Crippen LogP contribution in [-0.4, -0.2) is 32.7 Å². The van der Waals surface area contributed by atoms with Crippen molar-refractivity contribution in [2.24, 2.45) is 0 Å². The maximum Gasteiger partial charge on any atom is 0.211 e. The zero-order chi connectivity index (χ0) is 8.04. The summed E-state index contributed by atoms with van der Waals surface area (Å²) in [6.07, 6.45) is 1.94. The minimum absolute atomic E-state index is 0.168. The highest BCUT2D eigenvalue weighted by molar-refractivity contribution is 7.98. The highest BCUT2D eigenvalue weighted by atomic mass is 32.2. The molecule has 0 aromatic carbocycles. The number of rotatable bonds is 5. The van der Waals surface area contributed by atoms with Gasteiger partial charge >= 0.3 is 0 Å². The average Bonchev–Trinajstić information content (AvgIpc) is 1.89. The summed E-state index contributed by atoms with van der Waals surface area (Å²) in [7, 11) is -2.96. The SMILES string of the molecule is CCS(=O)(=O)NCCSC. The quantitative estimate of drug-likeness (QED) is 0.623. The highest BCUT2D eigenvalue weighted by Gasteiger charge is 2.02. The number of thioether (sulfide) groups is 1. The smallest absolute Gasteiger partial charge is 0.211 e. The predicted molar refractivity (Wildman–Crippen MR) is 45.8 cm³/mol. The molecule has 0 radical (unpaired) electrons. The summed E-state index contributed by atoms with van der Waals surface area (Å²) < 4.78 is 24.0. The fraction of sp³-hybridized carbons (Fsp3) is 1.00. The molecule has 0 saturated heterocycles. The first kappa shape index (κ1) is 10.3. The van der Waals surface area contributed by atoms with Gasteiger partial charge in [0, 0.05) is 12.3 Å². The molecule has 0 fully saturated rings. The molecule has 0 spiro atoms. The first-order valence-corrected chi connectivity index (χ1v) is 6.13. The van der Waals surface area contributed by atoms with E-state index in [1.54, 1.807) is 18.7 Å². The van der Waals surface area contributed by atoms with Crippen LogP contribution in [0.2, 0.25) is 0 Å². The van der Waals surface area contributed by atoms with Crippen molar-refractivity contribution in [1.82, 2.24) is 4.72 Å². The molecule has 0 atom stereocenters. The van der Waals surface area contributed by atoms with Crippen molar-refractivity contribution < 1.29 is 8.42 Å². The Morgan fingerprint density at radius 1 is 1.50 bits per heavy atom. The summed E-state index contributed by atoms with van der Waals surface area (Å²) in [6, 6.07) is 0. The van der Waals surface area contributed by atoms with Crippen LogP contribution in [0.25, 0.3) is 0 Å². The van der Waals surface area contributed by atoms with Crippen LogP contribution in [0, 0.1) is 0 Å². The van der Waals surface area contributed by atoms with Crippen LogP contribution >= 0.6 is 11.8 Å². The van der Waals surface area contributed by atoms with Gasteiger partial charge in [0.15, 0.2) is 0 Å². The zero-order valence-corrected chi connectivity index (χ0v) is 7.89. The van der Waals surface area contributed by atoms with Gasteiger partial charge in [-0.1, -0.05) is 0 Å². The van der Waals surface area contributed by atoms with E-state index in [4.69, 9.17) is 0 Å². The van der Waals surface area contributed by atoms with Crippen molar-refractivity contribution in [1.29, 1.82) is 0 Å². The van der Waals surface area contributed by atoms with Crippen LogP contribution in [0.15, 0.2) is 0 Å². The molecule has 0 unspecified atom stereocenters. The molecule has 0 amide bonds. The summed E-state index contributed by atoms with van der Waals surface area (Å²) in [5.41, 5.74) is 0. The van der Waals surface area contributed by atoms with E-state index in [1.807, 2.05) is 6.26 Å². The molecule has 0 aliphatic carbocycles. The lowest BCUT2D eigenvalue weighted by molar-refractivity contribution is 0.585. The van der Waals surface area contributed by atoms with Gasteiger partial charge in [0.1, 0.15) is 0 Å². The molecular weight excluding hydrogens is 170 g/mol. The summed E-state index contributed by atoms with van der Waals surface area (Å²) in [5.74, 6) is 1.00. The van der Waals surface area contributed by atoms with Gasteiger partial charge in [-0.15, -0.1) is 0 Å². The molecule has 0 aromatic rings. The molecule has 1 N–H and O–H groups in total. The topological polar surface area (TPSA) is 46.2 Å². The third-order valence-electron chi connectivity index (χ3n) is 1.01. The van der Waals surface area contributed by atoms with Gasteiger partial charge in [-0.25, -0.2) is 13.1 Å².